The quantitative estimate of drug-likeness (QED) is 0.634. The number of amides is 1. The van der Waals surface area contributed by atoms with Gasteiger partial charge in [-0.2, -0.15) is 0 Å². The number of rotatable bonds is 7. The van der Waals surface area contributed by atoms with Gasteiger partial charge in [0, 0.05) is 12.2 Å². The minimum Gasteiger partial charge on any atom is -0.347 e. The van der Waals surface area contributed by atoms with Crippen LogP contribution in [-0.4, -0.2) is 23.1 Å². The molecule has 0 fully saturated rings. The van der Waals surface area contributed by atoms with Crippen molar-refractivity contribution in [2.45, 2.75) is 19.9 Å². The maximum Gasteiger partial charge on any atom is 0.270 e. The molecule has 1 heterocycles. The van der Waals surface area contributed by atoms with Crippen molar-refractivity contribution in [3.63, 3.8) is 0 Å². The van der Waals surface area contributed by atoms with Crippen LogP contribution >= 0.6 is 7.92 Å². The lowest BCUT2D eigenvalue weighted by Gasteiger charge is -2.28. The molecule has 1 atom stereocenters. The van der Waals surface area contributed by atoms with Crippen LogP contribution in [0.25, 0.3) is 0 Å². The van der Waals surface area contributed by atoms with Crippen molar-refractivity contribution in [2.75, 3.05) is 6.16 Å². The Kier molecular flexibility index (Phi) is 6.73. The van der Waals surface area contributed by atoms with Crippen LogP contribution in [0.5, 0.6) is 0 Å². The van der Waals surface area contributed by atoms with Gasteiger partial charge in [0.1, 0.15) is 5.69 Å². The van der Waals surface area contributed by atoms with Gasteiger partial charge in [-0.25, -0.2) is 0 Å². The molecule has 3 rings (SSSR count). The number of nitrogens with one attached hydrogen (secondary N) is 1. The number of aromatic nitrogens is 1. The van der Waals surface area contributed by atoms with E-state index in [9.17, 15) is 4.79 Å². The maximum absolute atomic E-state index is 12.6. The molecule has 4 heteroatoms. The Morgan fingerprint density at radius 3 is 1.93 bits per heavy atom. The predicted octanol–water partition coefficient (Wildman–Crippen LogP) is 3.97. The standard InChI is InChI=1S/C23H25N2OP/c1-18(2)22(25-23(26)21-15-9-10-16-24-21)17-27(19-11-5-3-6-12-19)20-13-7-4-8-14-20/h3-16,18,22H,17H2,1-2H3,(H,25,26)/t22-/m1/s1. The SMILES string of the molecule is CC(C)[C@@H](CP(c1ccccc1)c1ccccc1)NC(=O)c1ccccn1. The van der Waals surface area contributed by atoms with Crippen molar-refractivity contribution >= 4 is 24.4 Å². The van der Waals surface area contributed by atoms with Gasteiger partial charge >= 0.3 is 0 Å². The zero-order valence-electron chi connectivity index (χ0n) is 15.7. The minimum atomic E-state index is -0.557. The second-order valence-electron chi connectivity index (χ2n) is 6.82. The van der Waals surface area contributed by atoms with Crippen molar-refractivity contribution in [1.82, 2.24) is 10.3 Å². The summed E-state index contributed by atoms with van der Waals surface area (Å²) in [5.41, 5.74) is 0.465. The second kappa shape index (κ2) is 9.43. The summed E-state index contributed by atoms with van der Waals surface area (Å²) in [7, 11) is -0.557. The molecule has 0 radical (unpaired) electrons. The smallest absolute Gasteiger partial charge is 0.270 e. The van der Waals surface area contributed by atoms with E-state index < -0.39 is 7.92 Å². The summed E-state index contributed by atoms with van der Waals surface area (Å²) in [6.07, 6.45) is 2.56. The van der Waals surface area contributed by atoms with Crippen molar-refractivity contribution in [3.05, 3.63) is 90.8 Å². The van der Waals surface area contributed by atoms with Crippen LogP contribution < -0.4 is 15.9 Å². The van der Waals surface area contributed by atoms with Crippen LogP contribution in [-0.2, 0) is 0 Å². The van der Waals surface area contributed by atoms with E-state index in [4.69, 9.17) is 0 Å². The second-order valence-corrected chi connectivity index (χ2v) is 9.07. The number of carbonyl (C=O) groups excluding carboxylic acids is 1. The van der Waals surface area contributed by atoms with E-state index in [0.29, 0.717) is 11.6 Å². The number of benzene rings is 2. The number of pyridine rings is 1. The molecule has 1 aromatic heterocycles. The summed E-state index contributed by atoms with van der Waals surface area (Å²) in [6.45, 7) is 4.32. The largest absolute Gasteiger partial charge is 0.347 e. The van der Waals surface area contributed by atoms with Crippen molar-refractivity contribution < 1.29 is 4.79 Å². The molecule has 3 nitrogen and oxygen atoms in total. The highest BCUT2D eigenvalue weighted by molar-refractivity contribution is 7.73. The first kappa shape index (κ1) is 19.3. The van der Waals surface area contributed by atoms with E-state index in [-0.39, 0.29) is 11.9 Å². The summed E-state index contributed by atoms with van der Waals surface area (Å²) in [5, 5.41) is 5.88. The monoisotopic (exact) mass is 376 g/mol. The topological polar surface area (TPSA) is 42.0 Å². The highest BCUT2D eigenvalue weighted by Gasteiger charge is 2.24. The van der Waals surface area contributed by atoms with Gasteiger partial charge in [-0.05, 0) is 42.7 Å². The van der Waals surface area contributed by atoms with Gasteiger partial charge in [-0.3, -0.25) is 9.78 Å². The Bertz CT molecular complexity index is 799. The number of hydrogen-bond donors (Lipinski definition) is 1. The normalized spacial score (nSPS) is 12.1. The molecule has 0 aliphatic carbocycles. The van der Waals surface area contributed by atoms with Gasteiger partial charge in [-0.1, -0.05) is 80.6 Å². The average Bonchev–Trinajstić information content (AvgIpc) is 2.72. The molecule has 138 valence electrons. The van der Waals surface area contributed by atoms with E-state index in [1.165, 1.54) is 10.6 Å². The van der Waals surface area contributed by atoms with E-state index in [1.54, 1.807) is 12.3 Å². The van der Waals surface area contributed by atoms with Gasteiger partial charge in [0.05, 0.1) is 0 Å². The highest BCUT2D eigenvalue weighted by Crippen LogP contribution is 2.35. The summed E-state index contributed by atoms with van der Waals surface area (Å²) in [6, 6.07) is 26.7. The third-order valence-corrected chi connectivity index (χ3v) is 7.14. The van der Waals surface area contributed by atoms with Gasteiger partial charge < -0.3 is 5.32 Å². The fraction of sp³-hybridized carbons (Fsp3) is 0.217. The first-order chi connectivity index (χ1) is 13.1. The van der Waals surface area contributed by atoms with E-state index in [2.05, 4.69) is 72.7 Å². The van der Waals surface area contributed by atoms with Crippen molar-refractivity contribution in [1.29, 1.82) is 0 Å². The Hall–Kier alpha value is -2.51. The fourth-order valence-electron chi connectivity index (χ4n) is 2.93. The van der Waals surface area contributed by atoms with Crippen LogP contribution in [0.4, 0.5) is 0 Å². The zero-order valence-corrected chi connectivity index (χ0v) is 16.6. The first-order valence-electron chi connectivity index (χ1n) is 9.24. The Morgan fingerprint density at radius 2 is 1.44 bits per heavy atom. The van der Waals surface area contributed by atoms with Gasteiger partial charge in [0.15, 0.2) is 0 Å². The minimum absolute atomic E-state index is 0.0750. The molecule has 2 aromatic carbocycles. The molecular formula is C23H25N2OP. The van der Waals surface area contributed by atoms with Crippen molar-refractivity contribution in [3.8, 4) is 0 Å². The molecule has 0 saturated carbocycles. The third kappa shape index (κ3) is 5.24. The van der Waals surface area contributed by atoms with Crippen LogP contribution in [0.15, 0.2) is 85.1 Å². The summed E-state index contributed by atoms with van der Waals surface area (Å²) in [5.74, 6) is 0.223. The van der Waals surface area contributed by atoms with Crippen LogP contribution in [0.3, 0.4) is 0 Å². The molecule has 27 heavy (non-hydrogen) atoms. The first-order valence-corrected chi connectivity index (χ1v) is 10.8. The Balaban J connectivity index is 1.84. The molecule has 0 aliphatic heterocycles. The highest BCUT2D eigenvalue weighted by atomic mass is 31.1. The van der Waals surface area contributed by atoms with Crippen LogP contribution in [0.2, 0.25) is 0 Å². The molecule has 0 bridgehead atoms. The third-order valence-electron chi connectivity index (χ3n) is 4.53. The molecular weight excluding hydrogens is 351 g/mol. The van der Waals surface area contributed by atoms with E-state index >= 15 is 0 Å². The molecule has 0 saturated heterocycles. The van der Waals surface area contributed by atoms with Crippen LogP contribution in [0, 0.1) is 5.92 Å². The van der Waals surface area contributed by atoms with Crippen molar-refractivity contribution in [2.24, 2.45) is 5.92 Å². The molecule has 0 aliphatic rings. The average molecular weight is 376 g/mol. The molecule has 1 amide bonds. The van der Waals surface area contributed by atoms with E-state index in [1.807, 2.05) is 24.3 Å². The molecule has 0 unspecified atom stereocenters. The number of hydrogen-bond acceptors (Lipinski definition) is 2. The molecule has 1 N–H and O–H groups in total. The lowest BCUT2D eigenvalue weighted by Crippen LogP contribution is -2.42. The summed E-state index contributed by atoms with van der Waals surface area (Å²) in [4.78, 5) is 16.8. The summed E-state index contributed by atoms with van der Waals surface area (Å²) >= 11 is 0. The molecule has 0 spiro atoms. The van der Waals surface area contributed by atoms with Crippen LogP contribution in [0.1, 0.15) is 24.3 Å². The fourth-order valence-corrected chi connectivity index (χ4v) is 5.63. The van der Waals surface area contributed by atoms with Gasteiger partial charge in [-0.15, -0.1) is 0 Å². The number of carbonyl (C=O) groups is 1. The Morgan fingerprint density at radius 1 is 0.889 bits per heavy atom. The number of nitrogens with zero attached hydrogens (tertiary/aromatic N) is 1. The zero-order chi connectivity index (χ0) is 19.1. The van der Waals surface area contributed by atoms with Gasteiger partial charge in [0.25, 0.3) is 5.91 Å². The predicted molar refractivity (Wildman–Crippen MR) is 114 cm³/mol. The lowest BCUT2D eigenvalue weighted by atomic mass is 10.1. The lowest BCUT2D eigenvalue weighted by molar-refractivity contribution is 0.0926. The Labute approximate surface area is 162 Å². The van der Waals surface area contributed by atoms with E-state index in [0.717, 1.165) is 6.16 Å². The molecule has 3 aromatic rings. The summed E-state index contributed by atoms with van der Waals surface area (Å²) < 4.78 is 0. The van der Waals surface area contributed by atoms with Gasteiger partial charge in [0.2, 0.25) is 0 Å². The maximum atomic E-state index is 12.6.